The number of benzene rings is 1. The highest BCUT2D eigenvalue weighted by Crippen LogP contribution is 2.23. The molecule has 0 aliphatic carbocycles. The van der Waals surface area contributed by atoms with E-state index in [1.807, 2.05) is 42.5 Å². The van der Waals surface area contributed by atoms with Crippen LogP contribution >= 0.6 is 0 Å². The molecule has 3 heteroatoms. The Labute approximate surface area is 87.5 Å². The molecule has 1 heterocycles. The maximum absolute atomic E-state index is 8.39. The van der Waals surface area contributed by atoms with Crippen molar-refractivity contribution in [2.24, 2.45) is 0 Å². The van der Waals surface area contributed by atoms with Gasteiger partial charge < -0.3 is 9.15 Å². The van der Waals surface area contributed by atoms with Gasteiger partial charge in [-0.3, -0.25) is 0 Å². The van der Waals surface area contributed by atoms with Crippen LogP contribution in [0, 0.1) is 11.3 Å². The zero-order chi connectivity index (χ0) is 10.5. The van der Waals surface area contributed by atoms with Crippen LogP contribution in [0.2, 0.25) is 0 Å². The Balaban J connectivity index is 2.24. The fraction of sp³-hybridized carbons (Fsp3) is 0.0833. The van der Waals surface area contributed by atoms with Gasteiger partial charge in [-0.15, -0.1) is 0 Å². The summed E-state index contributed by atoms with van der Waals surface area (Å²) >= 11 is 0. The van der Waals surface area contributed by atoms with Crippen molar-refractivity contribution >= 4 is 0 Å². The quantitative estimate of drug-likeness (QED) is 0.763. The average Bonchev–Trinajstić information content (AvgIpc) is 2.80. The summed E-state index contributed by atoms with van der Waals surface area (Å²) in [6, 6.07) is 13.1. The lowest BCUT2D eigenvalue weighted by atomic mass is 10.2. The molecule has 3 nitrogen and oxygen atoms in total. The maximum atomic E-state index is 8.39. The maximum Gasteiger partial charge on any atom is 0.174 e. The molecular formula is C12H9NO2. The Morgan fingerprint density at radius 3 is 2.93 bits per heavy atom. The molecule has 74 valence electrons. The molecule has 2 aromatic rings. The zero-order valence-corrected chi connectivity index (χ0v) is 8.01. The van der Waals surface area contributed by atoms with Crippen molar-refractivity contribution in [2.45, 2.75) is 0 Å². The van der Waals surface area contributed by atoms with Crippen LogP contribution in [-0.2, 0) is 0 Å². The summed E-state index contributed by atoms with van der Waals surface area (Å²) in [6.07, 6.45) is 1.62. The van der Waals surface area contributed by atoms with E-state index in [1.54, 1.807) is 6.26 Å². The molecule has 0 atom stereocenters. The van der Waals surface area contributed by atoms with Crippen molar-refractivity contribution < 1.29 is 9.15 Å². The predicted octanol–water partition coefficient (Wildman–Crippen LogP) is 2.85. The van der Waals surface area contributed by atoms with Crippen LogP contribution in [0.25, 0.3) is 11.3 Å². The van der Waals surface area contributed by atoms with Crippen LogP contribution in [0.5, 0.6) is 5.75 Å². The molecule has 0 unspecified atom stereocenters. The lowest BCUT2D eigenvalue weighted by Gasteiger charge is -2.02. The van der Waals surface area contributed by atoms with Gasteiger partial charge in [0.2, 0.25) is 0 Å². The third-order valence-corrected chi connectivity index (χ3v) is 1.94. The van der Waals surface area contributed by atoms with Gasteiger partial charge in [-0.05, 0) is 24.3 Å². The lowest BCUT2D eigenvalue weighted by Crippen LogP contribution is -1.92. The molecule has 0 aliphatic rings. The Bertz CT molecular complexity index is 469. The minimum atomic E-state index is 0.0572. The zero-order valence-electron chi connectivity index (χ0n) is 8.01. The summed E-state index contributed by atoms with van der Waals surface area (Å²) < 4.78 is 10.4. The van der Waals surface area contributed by atoms with Crippen molar-refractivity contribution in [1.29, 1.82) is 5.26 Å². The van der Waals surface area contributed by atoms with E-state index in [2.05, 4.69) is 0 Å². The number of ether oxygens (including phenoxy) is 1. The minimum absolute atomic E-state index is 0.0572. The minimum Gasteiger partial charge on any atom is -0.479 e. The first-order chi connectivity index (χ1) is 7.40. The van der Waals surface area contributed by atoms with Crippen molar-refractivity contribution in [3.05, 3.63) is 42.7 Å². The number of nitriles is 1. The van der Waals surface area contributed by atoms with E-state index < -0.39 is 0 Å². The first-order valence-corrected chi connectivity index (χ1v) is 4.54. The monoisotopic (exact) mass is 199 g/mol. The summed E-state index contributed by atoms with van der Waals surface area (Å²) in [7, 11) is 0. The molecule has 0 saturated carbocycles. The number of hydrogen-bond acceptors (Lipinski definition) is 3. The third-order valence-electron chi connectivity index (χ3n) is 1.94. The normalized spacial score (nSPS) is 9.53. The Kier molecular flexibility index (Phi) is 2.70. The number of hydrogen-bond donors (Lipinski definition) is 0. The van der Waals surface area contributed by atoms with Gasteiger partial charge in [-0.25, -0.2) is 0 Å². The highest BCUT2D eigenvalue weighted by molar-refractivity contribution is 5.59. The summed E-state index contributed by atoms with van der Waals surface area (Å²) in [5.74, 6) is 1.46. The van der Waals surface area contributed by atoms with Crippen molar-refractivity contribution in [3.8, 4) is 23.1 Å². The van der Waals surface area contributed by atoms with E-state index >= 15 is 0 Å². The van der Waals surface area contributed by atoms with Gasteiger partial charge in [-0.1, -0.05) is 12.1 Å². The van der Waals surface area contributed by atoms with Gasteiger partial charge in [0.1, 0.15) is 17.6 Å². The van der Waals surface area contributed by atoms with Crippen LogP contribution in [0.4, 0.5) is 0 Å². The first kappa shape index (κ1) is 9.35. The Morgan fingerprint density at radius 2 is 2.20 bits per heavy atom. The van der Waals surface area contributed by atoms with Gasteiger partial charge in [0.25, 0.3) is 0 Å². The van der Waals surface area contributed by atoms with Gasteiger partial charge in [0.15, 0.2) is 6.61 Å². The summed E-state index contributed by atoms with van der Waals surface area (Å²) in [5, 5.41) is 8.39. The molecule has 0 aliphatic heterocycles. The van der Waals surface area contributed by atoms with Crippen LogP contribution in [0.1, 0.15) is 0 Å². The molecular weight excluding hydrogens is 190 g/mol. The molecule has 1 aromatic carbocycles. The van der Waals surface area contributed by atoms with E-state index in [-0.39, 0.29) is 6.61 Å². The smallest absolute Gasteiger partial charge is 0.174 e. The van der Waals surface area contributed by atoms with Gasteiger partial charge in [0, 0.05) is 5.56 Å². The second kappa shape index (κ2) is 4.34. The molecule has 0 radical (unpaired) electrons. The van der Waals surface area contributed by atoms with Crippen molar-refractivity contribution in [1.82, 2.24) is 0 Å². The molecule has 0 N–H and O–H groups in total. The standard InChI is InChI=1S/C12H9NO2/c13-6-8-14-11-4-1-3-10(9-11)12-5-2-7-15-12/h1-5,7,9H,8H2. The van der Waals surface area contributed by atoms with E-state index in [9.17, 15) is 0 Å². The summed E-state index contributed by atoms with van der Waals surface area (Å²) in [6.45, 7) is 0.0572. The highest BCUT2D eigenvalue weighted by atomic mass is 16.5. The average molecular weight is 199 g/mol. The molecule has 1 aromatic heterocycles. The highest BCUT2D eigenvalue weighted by Gasteiger charge is 2.01. The molecule has 2 rings (SSSR count). The molecule has 15 heavy (non-hydrogen) atoms. The molecule has 0 amide bonds. The van der Waals surface area contributed by atoms with Gasteiger partial charge >= 0.3 is 0 Å². The number of furan rings is 1. The van der Waals surface area contributed by atoms with Crippen molar-refractivity contribution in [2.75, 3.05) is 6.61 Å². The topological polar surface area (TPSA) is 46.2 Å². The second-order valence-electron chi connectivity index (χ2n) is 2.95. The van der Waals surface area contributed by atoms with Crippen molar-refractivity contribution in [3.63, 3.8) is 0 Å². The van der Waals surface area contributed by atoms with E-state index in [1.165, 1.54) is 0 Å². The SMILES string of the molecule is N#CCOc1cccc(-c2ccco2)c1. The number of rotatable bonds is 3. The molecule has 0 bridgehead atoms. The van der Waals surface area contributed by atoms with E-state index in [4.69, 9.17) is 14.4 Å². The number of nitrogens with zero attached hydrogens (tertiary/aromatic N) is 1. The largest absolute Gasteiger partial charge is 0.479 e. The first-order valence-electron chi connectivity index (χ1n) is 4.54. The van der Waals surface area contributed by atoms with Crippen LogP contribution in [-0.4, -0.2) is 6.61 Å². The lowest BCUT2D eigenvalue weighted by molar-refractivity contribution is 0.368. The van der Waals surface area contributed by atoms with Crippen LogP contribution < -0.4 is 4.74 Å². The van der Waals surface area contributed by atoms with Crippen LogP contribution in [0.3, 0.4) is 0 Å². The fourth-order valence-electron chi connectivity index (χ4n) is 1.30. The molecule has 0 saturated heterocycles. The second-order valence-corrected chi connectivity index (χ2v) is 2.95. The van der Waals surface area contributed by atoms with Gasteiger partial charge in [0.05, 0.1) is 6.26 Å². The fourth-order valence-corrected chi connectivity index (χ4v) is 1.30. The third kappa shape index (κ3) is 2.18. The van der Waals surface area contributed by atoms with Crippen LogP contribution in [0.15, 0.2) is 47.1 Å². The Morgan fingerprint density at radius 1 is 1.27 bits per heavy atom. The van der Waals surface area contributed by atoms with E-state index in [0.717, 1.165) is 11.3 Å². The molecule has 0 spiro atoms. The van der Waals surface area contributed by atoms with Gasteiger partial charge in [-0.2, -0.15) is 5.26 Å². The predicted molar refractivity (Wildman–Crippen MR) is 55.3 cm³/mol. The summed E-state index contributed by atoms with van der Waals surface area (Å²) in [5.41, 5.74) is 0.940. The summed E-state index contributed by atoms with van der Waals surface area (Å²) in [4.78, 5) is 0. The van der Waals surface area contributed by atoms with E-state index in [0.29, 0.717) is 5.75 Å². The Hall–Kier alpha value is -2.21. The molecule has 0 fully saturated rings.